The maximum absolute atomic E-state index is 13.6. The van der Waals surface area contributed by atoms with Gasteiger partial charge in [-0.05, 0) is 54.4 Å². The number of nitrogens with one attached hydrogen (secondary N) is 1. The van der Waals surface area contributed by atoms with E-state index in [1.807, 2.05) is 0 Å². The summed E-state index contributed by atoms with van der Waals surface area (Å²) in [6, 6.07) is 17.6. The molecule has 0 fully saturated rings. The van der Waals surface area contributed by atoms with Crippen LogP contribution in [0.4, 0.5) is 17.1 Å². The fraction of sp³-hybridized carbons (Fsp3) is 0.241. The van der Waals surface area contributed by atoms with Crippen molar-refractivity contribution in [2.24, 2.45) is 5.92 Å². The van der Waals surface area contributed by atoms with Crippen LogP contribution in [0.2, 0.25) is 0 Å². The van der Waals surface area contributed by atoms with Gasteiger partial charge in [-0.1, -0.05) is 31.2 Å². The summed E-state index contributed by atoms with van der Waals surface area (Å²) in [6.45, 7) is 1.67. The second-order valence-corrected chi connectivity index (χ2v) is 9.22. The van der Waals surface area contributed by atoms with E-state index in [1.165, 1.54) is 23.1 Å². The summed E-state index contributed by atoms with van der Waals surface area (Å²) < 4.78 is 5.11. The lowest BCUT2D eigenvalue weighted by atomic mass is 9.82. The van der Waals surface area contributed by atoms with Gasteiger partial charge in [0.05, 0.1) is 24.3 Å². The third kappa shape index (κ3) is 5.52. The molecule has 0 aliphatic carbocycles. The van der Waals surface area contributed by atoms with E-state index < -0.39 is 22.3 Å². The number of hydrogen-bond acceptors (Lipinski definition) is 7. The van der Waals surface area contributed by atoms with Crippen LogP contribution in [-0.2, 0) is 16.9 Å². The van der Waals surface area contributed by atoms with Gasteiger partial charge in [0.1, 0.15) is 5.75 Å². The average molecular weight is 532 g/mol. The minimum Gasteiger partial charge on any atom is -0.497 e. The smallest absolute Gasteiger partial charge is 0.269 e. The van der Waals surface area contributed by atoms with Crippen LogP contribution in [-0.4, -0.2) is 40.7 Å². The number of hydrogen-bond donors (Lipinski definition) is 3. The van der Waals surface area contributed by atoms with E-state index in [0.29, 0.717) is 29.1 Å². The van der Waals surface area contributed by atoms with Crippen LogP contribution in [0.15, 0.2) is 78.9 Å². The van der Waals surface area contributed by atoms with E-state index in [4.69, 9.17) is 9.84 Å². The molecule has 0 saturated carbocycles. The predicted molar refractivity (Wildman–Crippen MR) is 146 cm³/mol. The highest BCUT2D eigenvalue weighted by Gasteiger charge is 2.53. The standard InChI is InChI=1S/C29H29N3O7/c1-19(5-3-4-16-33)29(36)25-17-23(32(37)38)12-15-26(25)31(28(29)35)18-20-6-10-22(11-7-20)30-27(34)21-8-13-24(39-2)14-9-21/h3,5-15,17,19,33,36H,4,16,18H2,1-2H3,(H,30,34)/b5-3+/t19-,29+/m0/s1. The highest BCUT2D eigenvalue weighted by atomic mass is 16.6. The van der Waals surface area contributed by atoms with Crippen molar-refractivity contribution in [3.63, 3.8) is 0 Å². The predicted octanol–water partition coefficient (Wildman–Crippen LogP) is 4.16. The molecule has 3 aromatic rings. The number of aliphatic hydroxyl groups excluding tert-OH is 1. The van der Waals surface area contributed by atoms with Gasteiger partial charge in [0.2, 0.25) is 0 Å². The number of nitro groups is 1. The van der Waals surface area contributed by atoms with Crippen molar-refractivity contribution in [1.82, 2.24) is 0 Å². The molecule has 202 valence electrons. The number of carbonyl (C=O) groups is 2. The van der Waals surface area contributed by atoms with E-state index in [2.05, 4.69) is 5.32 Å². The monoisotopic (exact) mass is 531 g/mol. The summed E-state index contributed by atoms with van der Waals surface area (Å²) in [5, 5.41) is 35.0. The fourth-order valence-electron chi connectivity index (χ4n) is 4.54. The van der Waals surface area contributed by atoms with E-state index in [9.17, 15) is 24.8 Å². The molecule has 3 aromatic carbocycles. The summed E-state index contributed by atoms with van der Waals surface area (Å²) in [5.41, 5.74) is 0.0449. The van der Waals surface area contributed by atoms with Crippen molar-refractivity contribution in [3.05, 3.63) is 106 Å². The van der Waals surface area contributed by atoms with Gasteiger partial charge in [-0.15, -0.1) is 0 Å². The Bertz CT molecular complexity index is 1400. The number of methoxy groups -OCH3 is 1. The van der Waals surface area contributed by atoms with Crippen molar-refractivity contribution in [2.45, 2.75) is 25.5 Å². The maximum Gasteiger partial charge on any atom is 0.269 e. The first-order chi connectivity index (χ1) is 18.7. The van der Waals surface area contributed by atoms with Crippen LogP contribution >= 0.6 is 0 Å². The number of nitro benzene ring substituents is 1. The Morgan fingerprint density at radius 3 is 2.46 bits per heavy atom. The first-order valence-electron chi connectivity index (χ1n) is 12.3. The van der Waals surface area contributed by atoms with Gasteiger partial charge in [-0.3, -0.25) is 19.7 Å². The van der Waals surface area contributed by atoms with Gasteiger partial charge in [-0.25, -0.2) is 0 Å². The minimum atomic E-state index is -2.01. The molecule has 0 unspecified atom stereocenters. The van der Waals surface area contributed by atoms with Crippen LogP contribution in [0.25, 0.3) is 0 Å². The Morgan fingerprint density at radius 2 is 1.85 bits per heavy atom. The van der Waals surface area contributed by atoms with Crippen LogP contribution in [0.1, 0.15) is 34.8 Å². The topological polar surface area (TPSA) is 142 Å². The molecule has 0 aromatic heterocycles. The van der Waals surface area contributed by atoms with Gasteiger partial charge in [0, 0.05) is 41.5 Å². The van der Waals surface area contributed by atoms with Gasteiger partial charge >= 0.3 is 0 Å². The molecule has 0 spiro atoms. The van der Waals surface area contributed by atoms with Gasteiger partial charge in [0.15, 0.2) is 5.60 Å². The first-order valence-corrected chi connectivity index (χ1v) is 12.3. The number of aliphatic hydroxyl groups is 2. The zero-order valence-corrected chi connectivity index (χ0v) is 21.5. The third-order valence-electron chi connectivity index (χ3n) is 6.75. The molecule has 0 saturated heterocycles. The Labute approximate surface area is 225 Å². The van der Waals surface area contributed by atoms with Crippen LogP contribution in [0, 0.1) is 16.0 Å². The maximum atomic E-state index is 13.6. The number of amides is 2. The quantitative estimate of drug-likeness (QED) is 0.203. The van der Waals surface area contributed by atoms with Crippen molar-refractivity contribution < 1.29 is 29.5 Å². The number of rotatable bonds is 10. The van der Waals surface area contributed by atoms with Crippen molar-refractivity contribution in [3.8, 4) is 5.75 Å². The molecule has 10 heteroatoms. The zero-order chi connectivity index (χ0) is 28.2. The lowest BCUT2D eigenvalue weighted by Crippen LogP contribution is -2.44. The summed E-state index contributed by atoms with van der Waals surface area (Å²) in [5.74, 6) is -0.955. The molecule has 0 radical (unpaired) electrons. The van der Waals surface area contributed by atoms with Crippen molar-refractivity contribution >= 4 is 28.9 Å². The number of anilines is 2. The minimum absolute atomic E-state index is 0.0830. The molecule has 1 heterocycles. The SMILES string of the molecule is COc1ccc(C(=O)Nc2ccc(CN3C(=O)[C@@](O)([C@@H](C)/C=C/CCO)c4cc([N+](=O)[O-])ccc43)cc2)cc1. The summed E-state index contributed by atoms with van der Waals surface area (Å²) in [4.78, 5) is 38.4. The Kier molecular flexibility index (Phi) is 8.08. The zero-order valence-electron chi connectivity index (χ0n) is 21.5. The highest BCUT2D eigenvalue weighted by Crippen LogP contribution is 2.47. The number of benzene rings is 3. The summed E-state index contributed by atoms with van der Waals surface area (Å²) in [6.07, 6.45) is 3.64. The molecular formula is C29H29N3O7. The lowest BCUT2D eigenvalue weighted by molar-refractivity contribution is -0.385. The number of ether oxygens (including phenoxy) is 1. The van der Waals surface area contributed by atoms with Crippen LogP contribution in [0.3, 0.4) is 0 Å². The van der Waals surface area contributed by atoms with E-state index in [0.717, 1.165) is 5.56 Å². The van der Waals surface area contributed by atoms with Gasteiger partial charge in [0.25, 0.3) is 17.5 Å². The molecule has 1 aliphatic rings. The average Bonchev–Trinajstić information content (AvgIpc) is 3.16. The van der Waals surface area contributed by atoms with Crippen LogP contribution in [0.5, 0.6) is 5.75 Å². The van der Waals surface area contributed by atoms with Crippen LogP contribution < -0.4 is 15.0 Å². The molecule has 2 amide bonds. The van der Waals surface area contributed by atoms with E-state index in [1.54, 1.807) is 74.7 Å². The van der Waals surface area contributed by atoms with Crippen molar-refractivity contribution in [2.75, 3.05) is 23.9 Å². The fourth-order valence-corrected chi connectivity index (χ4v) is 4.54. The number of fused-ring (bicyclic) bond motifs is 1. The molecule has 0 bridgehead atoms. The molecule has 2 atom stereocenters. The third-order valence-corrected chi connectivity index (χ3v) is 6.75. The van der Waals surface area contributed by atoms with Gasteiger partial charge < -0.3 is 25.2 Å². The molecule has 4 rings (SSSR count). The normalized spacial score (nSPS) is 17.2. The molecular weight excluding hydrogens is 502 g/mol. The molecule has 1 aliphatic heterocycles. The number of non-ortho nitro benzene ring substituents is 1. The summed E-state index contributed by atoms with van der Waals surface area (Å²) in [7, 11) is 1.55. The largest absolute Gasteiger partial charge is 0.497 e. The molecule has 39 heavy (non-hydrogen) atoms. The summed E-state index contributed by atoms with van der Waals surface area (Å²) >= 11 is 0. The number of nitrogens with zero attached hydrogens (tertiary/aromatic N) is 2. The number of carbonyl (C=O) groups excluding carboxylic acids is 2. The van der Waals surface area contributed by atoms with E-state index >= 15 is 0 Å². The second-order valence-electron chi connectivity index (χ2n) is 9.22. The molecule has 10 nitrogen and oxygen atoms in total. The van der Waals surface area contributed by atoms with Crippen molar-refractivity contribution in [1.29, 1.82) is 0 Å². The highest BCUT2D eigenvalue weighted by molar-refractivity contribution is 6.07. The second kappa shape index (κ2) is 11.5. The Balaban J connectivity index is 1.56. The molecule has 3 N–H and O–H groups in total. The lowest BCUT2D eigenvalue weighted by Gasteiger charge is -2.27. The van der Waals surface area contributed by atoms with E-state index in [-0.39, 0.29) is 30.3 Å². The Morgan fingerprint density at radius 1 is 1.15 bits per heavy atom. The van der Waals surface area contributed by atoms with Gasteiger partial charge in [-0.2, -0.15) is 0 Å². The first kappa shape index (κ1) is 27.5. The Hall–Kier alpha value is -4.54.